The number of aliphatic imine (C=N–C) groups is 1. The average molecular weight is 301 g/mol. The molecule has 0 aliphatic carbocycles. The first-order valence-electron chi connectivity index (χ1n) is 7.18. The molecule has 7 nitrogen and oxygen atoms in total. The van der Waals surface area contributed by atoms with Gasteiger partial charge in [-0.05, 0) is 18.6 Å². The van der Waals surface area contributed by atoms with Crippen LogP contribution in [0.1, 0.15) is 32.5 Å². The summed E-state index contributed by atoms with van der Waals surface area (Å²) in [5.74, 6) is -0.505. The highest BCUT2D eigenvalue weighted by Crippen LogP contribution is 2.10. The van der Waals surface area contributed by atoms with Gasteiger partial charge in [-0.3, -0.25) is 9.79 Å². The summed E-state index contributed by atoms with van der Waals surface area (Å²) < 4.78 is 2.88. The van der Waals surface area contributed by atoms with E-state index in [-0.39, 0.29) is 11.7 Å². The van der Waals surface area contributed by atoms with Gasteiger partial charge in [0.15, 0.2) is 0 Å². The molecule has 0 saturated carbocycles. The third kappa shape index (κ3) is 3.91. The minimum Gasteiger partial charge on any atom is -0.854 e. The van der Waals surface area contributed by atoms with Crippen LogP contribution < -0.4 is 15.2 Å². The van der Waals surface area contributed by atoms with Crippen LogP contribution in [-0.2, 0) is 11.3 Å². The number of nitrogens with zero attached hydrogens (tertiary/aromatic N) is 4. The first-order chi connectivity index (χ1) is 10.6. The minimum absolute atomic E-state index is 0.229. The SMILES string of the molecule is CCCCn1nc[n+](NC(C)=O)c1C([O-])=Nc1ccccc1. The average Bonchev–Trinajstić information content (AvgIpc) is 2.88. The van der Waals surface area contributed by atoms with E-state index in [2.05, 4.69) is 22.4 Å². The van der Waals surface area contributed by atoms with Crippen molar-refractivity contribution in [2.45, 2.75) is 33.2 Å². The lowest BCUT2D eigenvalue weighted by molar-refractivity contribution is -0.646. The highest BCUT2D eigenvalue weighted by Gasteiger charge is 2.19. The number of hydrogen-bond donors (Lipinski definition) is 1. The van der Waals surface area contributed by atoms with Gasteiger partial charge in [0.1, 0.15) is 6.54 Å². The van der Waals surface area contributed by atoms with Gasteiger partial charge in [-0.1, -0.05) is 31.5 Å². The summed E-state index contributed by atoms with van der Waals surface area (Å²) in [6.07, 6.45) is 3.27. The fourth-order valence-corrected chi connectivity index (χ4v) is 1.95. The predicted molar refractivity (Wildman–Crippen MR) is 80.0 cm³/mol. The molecule has 2 aromatic rings. The smallest absolute Gasteiger partial charge is 0.293 e. The fourth-order valence-electron chi connectivity index (χ4n) is 1.95. The van der Waals surface area contributed by atoms with Crippen molar-refractivity contribution in [1.29, 1.82) is 0 Å². The van der Waals surface area contributed by atoms with Gasteiger partial charge < -0.3 is 5.11 Å². The van der Waals surface area contributed by atoms with Crippen LogP contribution in [0.3, 0.4) is 0 Å². The van der Waals surface area contributed by atoms with Gasteiger partial charge in [0.05, 0.1) is 11.6 Å². The molecule has 116 valence electrons. The fraction of sp³-hybridized carbons (Fsp3) is 0.333. The highest BCUT2D eigenvalue weighted by molar-refractivity contribution is 5.88. The second-order valence-electron chi connectivity index (χ2n) is 4.82. The topological polar surface area (TPSA) is 86.2 Å². The summed E-state index contributed by atoms with van der Waals surface area (Å²) in [7, 11) is 0. The molecule has 0 saturated heterocycles. The van der Waals surface area contributed by atoms with Gasteiger partial charge in [-0.25, -0.2) is 5.43 Å². The molecule has 0 spiro atoms. The molecule has 2 rings (SSSR count). The van der Waals surface area contributed by atoms with Crippen molar-refractivity contribution in [2.24, 2.45) is 4.99 Å². The van der Waals surface area contributed by atoms with Gasteiger partial charge in [-0.2, -0.15) is 0 Å². The van der Waals surface area contributed by atoms with Crippen molar-refractivity contribution in [3.8, 4) is 0 Å². The molecule has 1 N–H and O–H groups in total. The number of rotatable bonds is 6. The number of carbonyl (C=O) groups is 1. The van der Waals surface area contributed by atoms with Gasteiger partial charge in [0.25, 0.3) is 12.2 Å². The molecule has 0 aliphatic heterocycles. The first-order valence-corrected chi connectivity index (χ1v) is 7.18. The number of carbonyl (C=O) groups excluding carboxylic acids is 1. The van der Waals surface area contributed by atoms with E-state index in [1.54, 1.807) is 16.8 Å². The molecular formula is C15H19N5O2. The van der Waals surface area contributed by atoms with Crippen LogP contribution >= 0.6 is 0 Å². The summed E-state index contributed by atoms with van der Waals surface area (Å²) >= 11 is 0. The summed E-state index contributed by atoms with van der Waals surface area (Å²) in [5, 5.41) is 16.6. The summed E-state index contributed by atoms with van der Waals surface area (Å²) in [6.45, 7) is 4.02. The summed E-state index contributed by atoms with van der Waals surface area (Å²) in [6, 6.07) is 8.96. The molecule has 0 aliphatic rings. The zero-order valence-electron chi connectivity index (χ0n) is 12.7. The Morgan fingerprint density at radius 2 is 2.14 bits per heavy atom. The standard InChI is InChI=1S/C15H19N5O2/c1-3-4-10-19-15(20(11-16-19)18-12(2)21)14(22)17-13-8-6-5-7-9-13/h5-9,11H,3-4,10H2,1-2H3,(H-,17,18,21,22). The Hall–Kier alpha value is -2.70. The van der Waals surface area contributed by atoms with Crippen LogP contribution in [0.25, 0.3) is 0 Å². The lowest BCUT2D eigenvalue weighted by atomic mass is 10.3. The van der Waals surface area contributed by atoms with Crippen molar-refractivity contribution in [1.82, 2.24) is 9.78 Å². The number of aryl methyl sites for hydroxylation is 1. The number of unbranched alkanes of at least 4 members (excludes halogenated alkanes) is 1. The van der Waals surface area contributed by atoms with Gasteiger partial charge in [0, 0.05) is 12.0 Å². The number of hydrogen-bond acceptors (Lipinski definition) is 4. The first kappa shape index (κ1) is 15.7. The predicted octanol–water partition coefficient (Wildman–Crippen LogP) is 0.499. The van der Waals surface area contributed by atoms with Gasteiger partial charge in [-0.15, -0.1) is 9.36 Å². The molecule has 1 amide bonds. The normalized spacial score (nSPS) is 11.5. The van der Waals surface area contributed by atoms with Gasteiger partial charge >= 0.3 is 0 Å². The third-order valence-corrected chi connectivity index (χ3v) is 2.96. The van der Waals surface area contributed by atoms with Crippen LogP contribution in [0.4, 0.5) is 5.69 Å². The van der Waals surface area contributed by atoms with Crippen LogP contribution in [0, 0.1) is 0 Å². The molecular weight excluding hydrogens is 282 g/mol. The number of benzene rings is 1. The quantitative estimate of drug-likeness (QED) is 0.479. The largest absolute Gasteiger partial charge is 0.854 e. The second kappa shape index (κ2) is 7.35. The maximum atomic E-state index is 12.5. The van der Waals surface area contributed by atoms with E-state index in [1.807, 2.05) is 18.2 Å². The van der Waals surface area contributed by atoms with Crippen LogP contribution in [0.15, 0.2) is 41.7 Å². The second-order valence-corrected chi connectivity index (χ2v) is 4.82. The van der Waals surface area contributed by atoms with Crippen molar-refractivity contribution >= 4 is 17.5 Å². The maximum absolute atomic E-state index is 12.5. The van der Waals surface area contributed by atoms with Crippen molar-refractivity contribution in [3.63, 3.8) is 0 Å². The van der Waals surface area contributed by atoms with Crippen molar-refractivity contribution in [3.05, 3.63) is 42.5 Å². The molecule has 0 unspecified atom stereocenters. The van der Waals surface area contributed by atoms with E-state index in [1.165, 1.54) is 17.9 Å². The lowest BCUT2D eigenvalue weighted by Gasteiger charge is -2.10. The highest BCUT2D eigenvalue weighted by atomic mass is 16.3. The van der Waals surface area contributed by atoms with Crippen molar-refractivity contribution in [2.75, 3.05) is 5.43 Å². The molecule has 1 aromatic heterocycles. The Morgan fingerprint density at radius 3 is 2.77 bits per heavy atom. The monoisotopic (exact) mass is 301 g/mol. The number of nitrogens with one attached hydrogen (secondary N) is 1. The van der Waals surface area contributed by atoms with E-state index < -0.39 is 5.90 Å². The summed E-state index contributed by atoms with van der Waals surface area (Å²) in [4.78, 5) is 15.3. The van der Waals surface area contributed by atoms with E-state index >= 15 is 0 Å². The Kier molecular flexibility index (Phi) is 5.24. The number of aromatic nitrogens is 3. The van der Waals surface area contributed by atoms with E-state index in [0.717, 1.165) is 12.8 Å². The van der Waals surface area contributed by atoms with E-state index in [0.29, 0.717) is 12.2 Å². The molecule has 1 aromatic carbocycles. The molecule has 0 bridgehead atoms. The Bertz CT molecular complexity index is 664. The molecule has 0 atom stereocenters. The van der Waals surface area contributed by atoms with Crippen LogP contribution in [0.2, 0.25) is 0 Å². The number of para-hydroxylation sites is 1. The molecule has 7 heteroatoms. The molecule has 0 radical (unpaired) electrons. The maximum Gasteiger partial charge on any atom is 0.293 e. The Balaban J connectivity index is 2.38. The zero-order valence-corrected chi connectivity index (χ0v) is 12.7. The summed E-state index contributed by atoms with van der Waals surface area (Å²) in [5.41, 5.74) is 3.11. The Morgan fingerprint density at radius 1 is 1.41 bits per heavy atom. The lowest BCUT2D eigenvalue weighted by Crippen LogP contribution is -2.53. The number of amides is 1. The molecule has 1 heterocycles. The van der Waals surface area contributed by atoms with Gasteiger partial charge in [0.2, 0.25) is 5.91 Å². The molecule has 0 fully saturated rings. The van der Waals surface area contributed by atoms with E-state index in [9.17, 15) is 9.90 Å². The van der Waals surface area contributed by atoms with Crippen LogP contribution in [0.5, 0.6) is 0 Å². The third-order valence-electron chi connectivity index (χ3n) is 2.96. The minimum atomic E-state index is -0.450. The van der Waals surface area contributed by atoms with Crippen molar-refractivity contribution < 1.29 is 14.6 Å². The zero-order chi connectivity index (χ0) is 15.9. The molecule has 22 heavy (non-hydrogen) atoms. The van der Waals surface area contributed by atoms with E-state index in [4.69, 9.17) is 0 Å². The van der Waals surface area contributed by atoms with Crippen LogP contribution in [-0.4, -0.2) is 21.6 Å². The Labute approximate surface area is 128 Å².